The molecule has 7 nitrogen and oxygen atoms in total. The molecule has 0 bridgehead atoms. The third-order valence-corrected chi connectivity index (χ3v) is 9.99. The predicted octanol–water partition coefficient (Wildman–Crippen LogP) is 6.20. The van der Waals surface area contributed by atoms with Gasteiger partial charge < -0.3 is 9.80 Å². The van der Waals surface area contributed by atoms with Gasteiger partial charge in [-0.25, -0.2) is 8.78 Å². The van der Waals surface area contributed by atoms with Crippen molar-refractivity contribution in [3.8, 4) is 11.3 Å². The van der Waals surface area contributed by atoms with Gasteiger partial charge in [-0.1, -0.05) is 53.7 Å². The highest BCUT2D eigenvalue weighted by Crippen LogP contribution is 2.45. The Morgan fingerprint density at radius 3 is 2.44 bits per heavy atom. The van der Waals surface area contributed by atoms with Crippen LogP contribution in [0.4, 0.5) is 14.5 Å². The van der Waals surface area contributed by atoms with Gasteiger partial charge in [-0.3, -0.25) is 14.4 Å². The number of carbonyl (C=O) groups excluding carboxylic acids is 1. The summed E-state index contributed by atoms with van der Waals surface area (Å²) in [7, 11) is 0. The first-order chi connectivity index (χ1) is 22.0. The van der Waals surface area contributed by atoms with E-state index in [1.54, 1.807) is 28.9 Å². The molecule has 1 atom stereocenters. The number of aromatic nitrogens is 3. The van der Waals surface area contributed by atoms with Gasteiger partial charge in [0.2, 0.25) is 5.91 Å². The molecule has 2 aliphatic heterocycles. The SMILES string of the molecule is O=C1N(CCCn2cc(-c3cccc(F)c3)nn2)CN(c2ccc(F)cc2)C12CCN([C@@H]1Cc3cccc4cccc1c34)CC2. The molecule has 9 heteroatoms. The van der Waals surface area contributed by atoms with Gasteiger partial charge in [0.15, 0.2) is 0 Å². The average Bonchev–Trinajstić information content (AvgIpc) is 3.76. The highest BCUT2D eigenvalue weighted by atomic mass is 19.1. The Bertz CT molecular complexity index is 1880. The third kappa shape index (κ3) is 4.86. The summed E-state index contributed by atoms with van der Waals surface area (Å²) < 4.78 is 29.3. The van der Waals surface area contributed by atoms with Gasteiger partial charge in [-0.15, -0.1) is 5.10 Å². The number of aryl methyl sites for hydroxylation is 1. The van der Waals surface area contributed by atoms with Crippen LogP contribution < -0.4 is 4.90 Å². The van der Waals surface area contributed by atoms with Crippen molar-refractivity contribution in [2.24, 2.45) is 0 Å². The van der Waals surface area contributed by atoms with Crippen molar-refractivity contribution < 1.29 is 13.6 Å². The summed E-state index contributed by atoms with van der Waals surface area (Å²) in [6.45, 7) is 3.24. The molecular formula is C36H34F2N6O. The van der Waals surface area contributed by atoms with Crippen molar-refractivity contribution in [1.29, 1.82) is 0 Å². The largest absolute Gasteiger partial charge is 0.339 e. The van der Waals surface area contributed by atoms with Crippen molar-refractivity contribution in [3.63, 3.8) is 0 Å². The van der Waals surface area contributed by atoms with E-state index in [4.69, 9.17) is 0 Å². The van der Waals surface area contributed by atoms with Gasteiger partial charge in [-0.05, 0) is 84.0 Å². The molecule has 228 valence electrons. The van der Waals surface area contributed by atoms with E-state index in [9.17, 15) is 13.6 Å². The smallest absolute Gasteiger partial charge is 0.250 e. The molecule has 0 unspecified atom stereocenters. The van der Waals surface area contributed by atoms with Gasteiger partial charge in [0.25, 0.3) is 0 Å². The van der Waals surface area contributed by atoms with Crippen molar-refractivity contribution in [2.45, 2.75) is 43.8 Å². The van der Waals surface area contributed by atoms with Crippen LogP contribution in [-0.4, -0.2) is 62.5 Å². The van der Waals surface area contributed by atoms with Crippen LogP contribution in [0.25, 0.3) is 22.0 Å². The fourth-order valence-electron chi connectivity index (χ4n) is 7.74. The van der Waals surface area contributed by atoms with Gasteiger partial charge in [0.1, 0.15) is 22.9 Å². The molecular weight excluding hydrogens is 570 g/mol. The lowest BCUT2D eigenvalue weighted by atomic mass is 9.84. The van der Waals surface area contributed by atoms with Gasteiger partial charge in [0.05, 0.1) is 12.9 Å². The second-order valence-corrected chi connectivity index (χ2v) is 12.5. The quantitative estimate of drug-likeness (QED) is 0.221. The number of rotatable bonds is 7. The lowest BCUT2D eigenvalue weighted by molar-refractivity contribution is -0.133. The molecule has 4 aromatic carbocycles. The number of nitrogens with zero attached hydrogens (tertiary/aromatic N) is 6. The fourth-order valence-corrected chi connectivity index (χ4v) is 7.74. The van der Waals surface area contributed by atoms with Crippen molar-refractivity contribution in [3.05, 3.63) is 114 Å². The Morgan fingerprint density at radius 1 is 0.867 bits per heavy atom. The molecule has 8 rings (SSSR count). The van der Waals surface area contributed by atoms with Crippen molar-refractivity contribution in [2.75, 3.05) is 31.2 Å². The first-order valence-corrected chi connectivity index (χ1v) is 15.7. The number of hydrogen-bond donors (Lipinski definition) is 0. The number of hydrogen-bond acceptors (Lipinski definition) is 5. The summed E-state index contributed by atoms with van der Waals surface area (Å²) in [6, 6.07) is 26.3. The summed E-state index contributed by atoms with van der Waals surface area (Å²) in [5.74, 6) is -0.460. The Balaban J connectivity index is 0.984. The molecule has 3 aliphatic rings. The highest BCUT2D eigenvalue weighted by molar-refractivity contribution is 5.94. The number of anilines is 1. The summed E-state index contributed by atoms with van der Waals surface area (Å²) in [5.41, 5.74) is 4.29. The van der Waals surface area contributed by atoms with E-state index in [1.807, 2.05) is 11.1 Å². The Labute approximate surface area is 260 Å². The predicted molar refractivity (Wildman–Crippen MR) is 169 cm³/mol. The number of halogens is 2. The maximum atomic E-state index is 14.3. The minimum Gasteiger partial charge on any atom is -0.339 e. The Morgan fingerprint density at radius 2 is 1.64 bits per heavy atom. The van der Waals surface area contributed by atoms with Gasteiger partial charge in [-0.2, -0.15) is 0 Å². The first kappa shape index (κ1) is 27.9. The average molecular weight is 605 g/mol. The molecule has 1 aliphatic carbocycles. The van der Waals surface area contributed by atoms with Crippen LogP contribution in [0, 0.1) is 11.6 Å². The van der Waals surface area contributed by atoms with E-state index in [0.29, 0.717) is 56.3 Å². The zero-order valence-corrected chi connectivity index (χ0v) is 24.9. The number of amides is 1. The normalized spacial score (nSPS) is 19.3. The lowest BCUT2D eigenvalue weighted by Crippen LogP contribution is -2.57. The second kappa shape index (κ2) is 11.1. The fraction of sp³-hybridized carbons (Fsp3) is 0.306. The van der Waals surface area contributed by atoms with Crippen LogP contribution >= 0.6 is 0 Å². The van der Waals surface area contributed by atoms with Crippen molar-refractivity contribution >= 4 is 22.4 Å². The van der Waals surface area contributed by atoms with Crippen LogP contribution in [0.2, 0.25) is 0 Å². The molecule has 1 aromatic heterocycles. The first-order valence-electron chi connectivity index (χ1n) is 15.7. The van der Waals surface area contributed by atoms with Gasteiger partial charge >= 0.3 is 0 Å². The van der Waals surface area contributed by atoms with E-state index in [-0.39, 0.29) is 17.5 Å². The highest BCUT2D eigenvalue weighted by Gasteiger charge is 2.54. The van der Waals surface area contributed by atoms with E-state index in [1.165, 1.54) is 46.2 Å². The molecule has 5 aromatic rings. The van der Waals surface area contributed by atoms with Crippen LogP contribution in [-0.2, 0) is 17.8 Å². The van der Waals surface area contributed by atoms with Gasteiger partial charge in [0, 0.05) is 43.5 Å². The molecule has 2 fully saturated rings. The number of piperidine rings is 1. The molecule has 1 amide bonds. The Hall–Kier alpha value is -4.63. The van der Waals surface area contributed by atoms with Crippen LogP contribution in [0.3, 0.4) is 0 Å². The number of carbonyl (C=O) groups is 1. The standard InChI is InChI=1S/C36H34F2N6O/c37-28-11-13-30(14-12-28)44-24-42(17-4-18-43-23-32(39-40-43)26-7-2-9-29(38)21-26)35(45)36(44)15-19-41(20-16-36)33-22-27-8-1-5-25-6-3-10-31(33)34(25)27/h1-3,5-14,21,23,33H,4,15-20,22,24H2/t33-/m1/s1. The minimum absolute atomic E-state index is 0.141. The molecule has 2 saturated heterocycles. The monoisotopic (exact) mass is 604 g/mol. The third-order valence-electron chi connectivity index (χ3n) is 9.99. The van der Waals surface area contributed by atoms with E-state index >= 15 is 0 Å². The summed E-state index contributed by atoms with van der Waals surface area (Å²) in [4.78, 5) is 21.0. The van der Waals surface area contributed by atoms with E-state index in [2.05, 4.69) is 56.5 Å². The molecule has 0 radical (unpaired) electrons. The summed E-state index contributed by atoms with van der Waals surface area (Å²) in [6.07, 6.45) is 4.92. The van der Waals surface area contributed by atoms with E-state index in [0.717, 1.165) is 25.2 Å². The van der Waals surface area contributed by atoms with Crippen LogP contribution in [0.15, 0.2) is 91.1 Å². The summed E-state index contributed by atoms with van der Waals surface area (Å²) in [5, 5.41) is 11.1. The van der Waals surface area contributed by atoms with E-state index < -0.39 is 5.54 Å². The maximum Gasteiger partial charge on any atom is 0.250 e. The zero-order chi connectivity index (χ0) is 30.5. The summed E-state index contributed by atoms with van der Waals surface area (Å²) >= 11 is 0. The molecule has 45 heavy (non-hydrogen) atoms. The van der Waals surface area contributed by atoms with Crippen LogP contribution in [0.1, 0.15) is 36.4 Å². The second-order valence-electron chi connectivity index (χ2n) is 12.5. The number of benzene rings is 4. The zero-order valence-electron chi connectivity index (χ0n) is 24.9. The minimum atomic E-state index is -0.663. The molecule has 3 heterocycles. The lowest BCUT2D eigenvalue weighted by Gasteiger charge is -2.45. The molecule has 0 saturated carbocycles. The van der Waals surface area contributed by atoms with Crippen LogP contribution in [0.5, 0.6) is 0 Å². The topological polar surface area (TPSA) is 57.5 Å². The molecule has 1 spiro atoms. The number of likely N-dealkylation sites (tertiary alicyclic amines) is 1. The van der Waals surface area contributed by atoms with Crippen molar-refractivity contribution in [1.82, 2.24) is 24.8 Å². The molecule has 0 N–H and O–H groups in total. The maximum absolute atomic E-state index is 14.3. The Kier molecular flexibility index (Phi) is 6.86.